The van der Waals surface area contributed by atoms with E-state index in [1.54, 1.807) is 11.3 Å². The lowest BCUT2D eigenvalue weighted by atomic mass is 9.97. The number of hydrogen-bond donors (Lipinski definition) is 1. The highest BCUT2D eigenvalue weighted by molar-refractivity contribution is 7.17. The fraction of sp³-hybridized carbons (Fsp3) is 0.222. The van der Waals surface area contributed by atoms with Gasteiger partial charge in [0.2, 0.25) is 0 Å². The predicted octanol–water partition coefficient (Wildman–Crippen LogP) is 4.85. The topological polar surface area (TPSA) is 12.0 Å². The van der Waals surface area contributed by atoms with Crippen LogP contribution in [0, 0.1) is 12.7 Å². The highest BCUT2D eigenvalue weighted by Crippen LogP contribution is 2.30. The summed E-state index contributed by atoms with van der Waals surface area (Å²) in [4.78, 5) is 0. The van der Waals surface area contributed by atoms with Crippen molar-refractivity contribution in [3.63, 3.8) is 0 Å². The Morgan fingerprint density at radius 3 is 2.76 bits per heavy atom. The molecule has 108 valence electrons. The average molecular weight is 299 g/mol. The number of likely N-dealkylation sites (N-methyl/N-ethyl adjacent to an activating group) is 1. The summed E-state index contributed by atoms with van der Waals surface area (Å²) >= 11 is 1.75. The van der Waals surface area contributed by atoms with Crippen molar-refractivity contribution in [1.82, 2.24) is 5.32 Å². The van der Waals surface area contributed by atoms with Gasteiger partial charge in [0.05, 0.1) is 0 Å². The summed E-state index contributed by atoms with van der Waals surface area (Å²) in [5.41, 5.74) is 2.71. The largest absolute Gasteiger partial charge is 0.313 e. The van der Waals surface area contributed by atoms with Gasteiger partial charge >= 0.3 is 0 Å². The molecule has 1 atom stereocenters. The molecule has 0 fully saturated rings. The fourth-order valence-electron chi connectivity index (χ4n) is 2.72. The van der Waals surface area contributed by atoms with Crippen LogP contribution in [0.15, 0.2) is 47.8 Å². The zero-order valence-electron chi connectivity index (χ0n) is 12.2. The Balaban J connectivity index is 1.96. The van der Waals surface area contributed by atoms with Crippen molar-refractivity contribution in [3.05, 3.63) is 70.4 Å². The Morgan fingerprint density at radius 1 is 1.14 bits per heavy atom. The molecule has 3 aromatic rings. The van der Waals surface area contributed by atoms with E-state index in [0.717, 1.165) is 12.0 Å². The molecular formula is C18H18FNS. The van der Waals surface area contributed by atoms with E-state index >= 15 is 0 Å². The van der Waals surface area contributed by atoms with Gasteiger partial charge in [-0.2, -0.15) is 0 Å². The van der Waals surface area contributed by atoms with Gasteiger partial charge in [0.15, 0.2) is 0 Å². The van der Waals surface area contributed by atoms with Crippen LogP contribution in [-0.2, 0) is 6.42 Å². The van der Waals surface area contributed by atoms with E-state index in [1.807, 2.05) is 32.2 Å². The molecule has 0 saturated heterocycles. The number of rotatable bonds is 4. The summed E-state index contributed by atoms with van der Waals surface area (Å²) in [5.74, 6) is -0.101. The van der Waals surface area contributed by atoms with Gasteiger partial charge in [-0.25, -0.2) is 4.39 Å². The molecule has 1 heterocycles. The van der Waals surface area contributed by atoms with Crippen LogP contribution in [0.2, 0.25) is 0 Å². The molecule has 0 aliphatic rings. The second-order valence-corrected chi connectivity index (χ2v) is 6.19. The Morgan fingerprint density at radius 2 is 1.95 bits per heavy atom. The van der Waals surface area contributed by atoms with Gasteiger partial charge in [-0.3, -0.25) is 0 Å². The summed E-state index contributed by atoms with van der Waals surface area (Å²) < 4.78 is 15.6. The van der Waals surface area contributed by atoms with E-state index in [0.29, 0.717) is 5.56 Å². The van der Waals surface area contributed by atoms with E-state index in [9.17, 15) is 4.39 Å². The van der Waals surface area contributed by atoms with Crippen molar-refractivity contribution in [2.45, 2.75) is 19.4 Å². The van der Waals surface area contributed by atoms with Gasteiger partial charge in [-0.15, -0.1) is 11.3 Å². The van der Waals surface area contributed by atoms with Crippen molar-refractivity contribution in [2.24, 2.45) is 0 Å². The SMILES string of the molecule is CNC(Cc1csc2ccccc12)c1cccc(C)c1F. The molecule has 0 amide bonds. The highest BCUT2D eigenvalue weighted by atomic mass is 32.1. The molecule has 0 bridgehead atoms. The molecule has 0 spiro atoms. The first-order valence-corrected chi connectivity index (χ1v) is 7.96. The van der Waals surface area contributed by atoms with Crippen molar-refractivity contribution in [3.8, 4) is 0 Å². The Kier molecular flexibility index (Phi) is 4.04. The highest BCUT2D eigenvalue weighted by Gasteiger charge is 2.17. The molecule has 3 rings (SSSR count). The first-order valence-electron chi connectivity index (χ1n) is 7.08. The predicted molar refractivity (Wildman–Crippen MR) is 88.5 cm³/mol. The third kappa shape index (κ3) is 2.71. The number of aryl methyl sites for hydroxylation is 1. The molecular weight excluding hydrogens is 281 g/mol. The number of thiophene rings is 1. The number of fused-ring (bicyclic) bond motifs is 1. The van der Waals surface area contributed by atoms with E-state index in [-0.39, 0.29) is 11.9 Å². The van der Waals surface area contributed by atoms with E-state index < -0.39 is 0 Å². The minimum atomic E-state index is -0.101. The summed E-state index contributed by atoms with van der Waals surface area (Å²) in [6.45, 7) is 1.81. The van der Waals surface area contributed by atoms with Crippen molar-refractivity contribution in [1.29, 1.82) is 0 Å². The maximum atomic E-state index is 14.3. The Bertz CT molecular complexity index is 763. The lowest BCUT2D eigenvalue weighted by molar-refractivity contribution is 0.531. The van der Waals surface area contributed by atoms with Crippen LogP contribution in [0.1, 0.15) is 22.7 Å². The minimum Gasteiger partial charge on any atom is -0.313 e. The monoisotopic (exact) mass is 299 g/mol. The van der Waals surface area contributed by atoms with Gasteiger partial charge in [0, 0.05) is 16.3 Å². The number of hydrogen-bond acceptors (Lipinski definition) is 2. The summed E-state index contributed by atoms with van der Waals surface area (Å²) in [6, 6.07) is 14.0. The van der Waals surface area contributed by atoms with Crippen molar-refractivity contribution < 1.29 is 4.39 Å². The van der Waals surface area contributed by atoms with Crippen LogP contribution in [0.25, 0.3) is 10.1 Å². The molecule has 1 aromatic heterocycles. The standard InChI is InChI=1S/C18H18FNS/c1-12-6-5-8-15(18(12)19)16(20-2)10-13-11-21-17-9-4-3-7-14(13)17/h3-9,11,16,20H,10H2,1-2H3. The van der Waals surface area contributed by atoms with Gasteiger partial charge in [0.1, 0.15) is 5.82 Å². The first-order chi connectivity index (χ1) is 10.2. The maximum Gasteiger partial charge on any atom is 0.130 e. The molecule has 0 radical (unpaired) electrons. The third-order valence-corrected chi connectivity index (χ3v) is 4.94. The van der Waals surface area contributed by atoms with Crippen LogP contribution in [0.4, 0.5) is 4.39 Å². The van der Waals surface area contributed by atoms with Gasteiger partial charge in [-0.1, -0.05) is 36.4 Å². The third-order valence-electron chi connectivity index (χ3n) is 3.93. The lowest BCUT2D eigenvalue weighted by Gasteiger charge is -2.18. The van der Waals surface area contributed by atoms with Crippen LogP contribution >= 0.6 is 11.3 Å². The van der Waals surface area contributed by atoms with Crippen LogP contribution in [0.5, 0.6) is 0 Å². The van der Waals surface area contributed by atoms with Gasteiger partial charge in [0.25, 0.3) is 0 Å². The molecule has 1 unspecified atom stereocenters. The van der Waals surface area contributed by atoms with Crippen LogP contribution in [0.3, 0.4) is 0 Å². The molecule has 1 N–H and O–H groups in total. The number of benzene rings is 2. The fourth-order valence-corrected chi connectivity index (χ4v) is 3.69. The molecule has 3 heteroatoms. The smallest absolute Gasteiger partial charge is 0.130 e. The number of nitrogens with one attached hydrogen (secondary N) is 1. The number of halogens is 1. The van der Waals surface area contributed by atoms with Crippen molar-refractivity contribution >= 4 is 21.4 Å². The average Bonchev–Trinajstić information content (AvgIpc) is 2.91. The van der Waals surface area contributed by atoms with E-state index in [4.69, 9.17) is 0 Å². The normalized spacial score (nSPS) is 12.7. The van der Waals surface area contributed by atoms with Gasteiger partial charge in [-0.05, 0) is 48.4 Å². The van der Waals surface area contributed by atoms with Gasteiger partial charge < -0.3 is 5.32 Å². The lowest BCUT2D eigenvalue weighted by Crippen LogP contribution is -2.20. The zero-order chi connectivity index (χ0) is 14.8. The molecule has 0 saturated carbocycles. The Labute approximate surface area is 128 Å². The van der Waals surface area contributed by atoms with E-state index in [2.05, 4.69) is 35.0 Å². The zero-order valence-corrected chi connectivity index (χ0v) is 13.0. The molecule has 0 aliphatic carbocycles. The molecule has 2 aromatic carbocycles. The van der Waals surface area contributed by atoms with Crippen molar-refractivity contribution in [2.75, 3.05) is 7.05 Å². The van der Waals surface area contributed by atoms with Crippen LogP contribution < -0.4 is 5.32 Å². The van der Waals surface area contributed by atoms with E-state index in [1.165, 1.54) is 15.6 Å². The maximum absolute atomic E-state index is 14.3. The summed E-state index contributed by atoms with van der Waals surface area (Å²) in [5, 5.41) is 6.71. The molecule has 0 aliphatic heterocycles. The molecule has 21 heavy (non-hydrogen) atoms. The van der Waals surface area contributed by atoms with Crippen LogP contribution in [-0.4, -0.2) is 7.05 Å². The summed E-state index contributed by atoms with van der Waals surface area (Å²) in [6.07, 6.45) is 0.793. The second kappa shape index (κ2) is 5.96. The summed E-state index contributed by atoms with van der Waals surface area (Å²) in [7, 11) is 1.89. The second-order valence-electron chi connectivity index (χ2n) is 5.28. The molecule has 1 nitrogen and oxygen atoms in total. The quantitative estimate of drug-likeness (QED) is 0.726. The minimum absolute atomic E-state index is 0.0112. The first kappa shape index (κ1) is 14.2. The Hall–Kier alpha value is -1.71.